The van der Waals surface area contributed by atoms with E-state index in [0.717, 1.165) is 23.1 Å². The van der Waals surface area contributed by atoms with Crippen LogP contribution in [0.3, 0.4) is 0 Å². The molecular formula is C24H25NO3S. The average molecular weight is 408 g/mol. The molecule has 0 bridgehead atoms. The van der Waals surface area contributed by atoms with Crippen LogP contribution in [-0.4, -0.2) is 18.5 Å². The number of anilines is 1. The van der Waals surface area contributed by atoms with Crippen LogP contribution in [-0.2, 0) is 9.53 Å². The maximum Gasteiger partial charge on any atom is 0.349 e. The van der Waals surface area contributed by atoms with Crippen molar-refractivity contribution in [1.82, 2.24) is 0 Å². The van der Waals surface area contributed by atoms with Crippen LogP contribution < -0.4 is 5.32 Å². The second-order valence-electron chi connectivity index (χ2n) is 7.09. The van der Waals surface area contributed by atoms with Crippen LogP contribution >= 0.6 is 11.3 Å². The number of nitrogens with one attached hydrogen (secondary N) is 1. The van der Waals surface area contributed by atoms with Gasteiger partial charge in [0, 0.05) is 11.3 Å². The van der Waals surface area contributed by atoms with Gasteiger partial charge in [-0.2, -0.15) is 0 Å². The van der Waals surface area contributed by atoms with Crippen molar-refractivity contribution in [2.75, 3.05) is 11.9 Å². The number of thiophene rings is 1. The normalized spacial score (nSPS) is 11.7. The van der Waals surface area contributed by atoms with E-state index in [9.17, 15) is 9.59 Å². The van der Waals surface area contributed by atoms with Gasteiger partial charge >= 0.3 is 5.97 Å². The Morgan fingerprint density at radius 2 is 1.72 bits per heavy atom. The van der Waals surface area contributed by atoms with Crippen molar-refractivity contribution >= 4 is 28.9 Å². The van der Waals surface area contributed by atoms with Gasteiger partial charge < -0.3 is 10.1 Å². The summed E-state index contributed by atoms with van der Waals surface area (Å²) < 4.78 is 5.25. The molecule has 3 rings (SSSR count). The summed E-state index contributed by atoms with van der Waals surface area (Å²) in [7, 11) is 0. The molecule has 0 aliphatic rings. The predicted octanol–water partition coefficient (Wildman–Crippen LogP) is 6.03. The number of amides is 1. The van der Waals surface area contributed by atoms with Crippen molar-refractivity contribution in [3.05, 3.63) is 76.0 Å². The molecule has 150 valence electrons. The minimum Gasteiger partial charge on any atom is -0.451 e. The molecule has 4 nitrogen and oxygen atoms in total. The molecule has 0 aliphatic carbocycles. The lowest BCUT2D eigenvalue weighted by molar-refractivity contribution is -0.119. The third kappa shape index (κ3) is 5.33. The Balaban J connectivity index is 1.58. The number of esters is 1. The fraction of sp³-hybridized carbons (Fsp3) is 0.250. The van der Waals surface area contributed by atoms with Gasteiger partial charge in [-0.3, -0.25) is 4.79 Å². The number of hydrogen-bond donors (Lipinski definition) is 1. The van der Waals surface area contributed by atoms with Crippen LogP contribution in [0.15, 0.2) is 60.0 Å². The quantitative estimate of drug-likeness (QED) is 0.486. The van der Waals surface area contributed by atoms with E-state index in [-0.39, 0.29) is 12.5 Å². The van der Waals surface area contributed by atoms with E-state index in [4.69, 9.17) is 4.74 Å². The minimum atomic E-state index is -0.488. The summed E-state index contributed by atoms with van der Waals surface area (Å²) in [5, 5.41) is 4.62. The fourth-order valence-electron chi connectivity index (χ4n) is 2.95. The Kier molecular flexibility index (Phi) is 6.83. The van der Waals surface area contributed by atoms with E-state index in [2.05, 4.69) is 19.2 Å². The van der Waals surface area contributed by atoms with E-state index in [1.165, 1.54) is 16.9 Å². The molecule has 0 spiro atoms. The highest BCUT2D eigenvalue weighted by Gasteiger charge is 2.17. The molecule has 1 amide bonds. The first-order valence-corrected chi connectivity index (χ1v) is 10.6. The Morgan fingerprint density at radius 3 is 2.38 bits per heavy atom. The van der Waals surface area contributed by atoms with Gasteiger partial charge in [0.05, 0.1) is 0 Å². The standard InChI is InChI=1S/C24H25NO3S/c1-4-17(3)18-9-11-20(12-10-18)25-22(26)15-28-24(27)23-21(13-14-29-23)19-7-5-16(2)6-8-19/h5-14,17H,4,15H2,1-3H3,(H,25,26)/t17-/m1/s1. The first-order valence-electron chi connectivity index (χ1n) is 9.69. The van der Waals surface area contributed by atoms with Gasteiger partial charge in [0.15, 0.2) is 6.61 Å². The molecule has 29 heavy (non-hydrogen) atoms. The topological polar surface area (TPSA) is 55.4 Å². The molecule has 1 heterocycles. The number of aryl methyl sites for hydroxylation is 1. The molecule has 5 heteroatoms. The van der Waals surface area contributed by atoms with Gasteiger partial charge in [-0.25, -0.2) is 4.79 Å². The summed E-state index contributed by atoms with van der Waals surface area (Å²) in [6, 6.07) is 17.6. The van der Waals surface area contributed by atoms with Crippen LogP contribution in [0.4, 0.5) is 5.69 Å². The number of benzene rings is 2. The highest BCUT2D eigenvalue weighted by Crippen LogP contribution is 2.29. The summed E-state index contributed by atoms with van der Waals surface area (Å²) in [5.41, 5.74) is 4.85. The zero-order valence-corrected chi connectivity index (χ0v) is 17.7. The highest BCUT2D eigenvalue weighted by molar-refractivity contribution is 7.12. The number of hydrogen-bond acceptors (Lipinski definition) is 4. The van der Waals surface area contributed by atoms with Crippen LogP contribution in [0.25, 0.3) is 11.1 Å². The minimum absolute atomic E-state index is 0.322. The van der Waals surface area contributed by atoms with Crippen LogP contribution in [0, 0.1) is 6.92 Å². The van der Waals surface area contributed by atoms with Gasteiger partial charge in [-0.15, -0.1) is 11.3 Å². The lowest BCUT2D eigenvalue weighted by atomic mass is 9.99. The van der Waals surface area contributed by atoms with Crippen LogP contribution in [0.5, 0.6) is 0 Å². The molecule has 3 aromatic rings. The Bertz CT molecular complexity index is 974. The first kappa shape index (κ1) is 20.8. The maximum atomic E-state index is 12.5. The summed E-state index contributed by atoms with van der Waals surface area (Å²) >= 11 is 1.31. The number of carbonyl (C=O) groups excluding carboxylic acids is 2. The van der Waals surface area contributed by atoms with E-state index >= 15 is 0 Å². The Morgan fingerprint density at radius 1 is 1.03 bits per heavy atom. The van der Waals surface area contributed by atoms with Gasteiger partial charge in [0.1, 0.15) is 4.88 Å². The molecule has 2 aromatic carbocycles. The molecular weight excluding hydrogens is 382 g/mol. The zero-order chi connectivity index (χ0) is 20.8. The molecule has 1 N–H and O–H groups in total. The summed E-state index contributed by atoms with van der Waals surface area (Å²) in [5.74, 6) is -0.366. The van der Waals surface area contributed by atoms with Gasteiger partial charge in [-0.1, -0.05) is 55.8 Å². The van der Waals surface area contributed by atoms with Crippen molar-refractivity contribution in [2.24, 2.45) is 0 Å². The predicted molar refractivity (Wildman–Crippen MR) is 119 cm³/mol. The van der Waals surface area contributed by atoms with Crippen molar-refractivity contribution < 1.29 is 14.3 Å². The molecule has 0 radical (unpaired) electrons. The van der Waals surface area contributed by atoms with E-state index in [0.29, 0.717) is 16.5 Å². The maximum absolute atomic E-state index is 12.5. The largest absolute Gasteiger partial charge is 0.451 e. The molecule has 0 fully saturated rings. The number of ether oxygens (including phenoxy) is 1. The van der Waals surface area contributed by atoms with Crippen molar-refractivity contribution in [2.45, 2.75) is 33.1 Å². The molecule has 0 unspecified atom stereocenters. The van der Waals surface area contributed by atoms with Crippen LogP contribution in [0.2, 0.25) is 0 Å². The lowest BCUT2D eigenvalue weighted by Crippen LogP contribution is -2.20. The molecule has 0 saturated carbocycles. The average Bonchev–Trinajstić information content (AvgIpc) is 3.22. The molecule has 1 atom stereocenters. The van der Waals surface area contributed by atoms with Gasteiger partial charge in [0.25, 0.3) is 5.91 Å². The number of rotatable bonds is 7. The third-order valence-corrected chi connectivity index (χ3v) is 5.82. The monoisotopic (exact) mass is 407 g/mol. The third-order valence-electron chi connectivity index (χ3n) is 4.92. The van der Waals surface area contributed by atoms with Crippen molar-refractivity contribution in [1.29, 1.82) is 0 Å². The van der Waals surface area contributed by atoms with Crippen molar-refractivity contribution in [3.8, 4) is 11.1 Å². The second-order valence-corrected chi connectivity index (χ2v) is 8.00. The lowest BCUT2D eigenvalue weighted by Gasteiger charge is -2.11. The van der Waals surface area contributed by atoms with E-state index in [1.54, 1.807) is 0 Å². The van der Waals surface area contributed by atoms with Crippen LogP contribution in [0.1, 0.15) is 47.0 Å². The van der Waals surface area contributed by atoms with Crippen molar-refractivity contribution in [3.63, 3.8) is 0 Å². The highest BCUT2D eigenvalue weighted by atomic mass is 32.1. The second kappa shape index (κ2) is 9.52. The fourth-order valence-corrected chi connectivity index (χ4v) is 3.76. The van der Waals surface area contributed by atoms with Gasteiger partial charge in [0.2, 0.25) is 0 Å². The Labute approximate surface area is 175 Å². The Hall–Kier alpha value is -2.92. The SMILES string of the molecule is CC[C@@H](C)c1ccc(NC(=O)COC(=O)c2sccc2-c2ccc(C)cc2)cc1. The van der Waals surface area contributed by atoms with Gasteiger partial charge in [-0.05, 0) is 54.0 Å². The summed E-state index contributed by atoms with van der Waals surface area (Å²) in [6.07, 6.45) is 1.06. The summed E-state index contributed by atoms with van der Waals surface area (Å²) in [4.78, 5) is 25.2. The number of carbonyl (C=O) groups is 2. The smallest absolute Gasteiger partial charge is 0.349 e. The van der Waals surface area contributed by atoms with E-state index in [1.807, 2.05) is 66.9 Å². The summed E-state index contributed by atoms with van der Waals surface area (Å²) in [6.45, 7) is 6.01. The molecule has 0 aliphatic heterocycles. The van der Waals surface area contributed by atoms with E-state index < -0.39 is 5.97 Å². The molecule has 1 aromatic heterocycles. The zero-order valence-electron chi connectivity index (χ0n) is 16.9. The molecule has 0 saturated heterocycles. The first-order chi connectivity index (χ1) is 14.0.